The van der Waals surface area contributed by atoms with Crippen LogP contribution in [0.15, 0.2) is 4.99 Å². The minimum absolute atomic E-state index is 0.00281. The summed E-state index contributed by atoms with van der Waals surface area (Å²) in [4.78, 5) is 4.00. The second-order valence-electron chi connectivity index (χ2n) is 1.91. The Morgan fingerprint density at radius 3 is 2.91 bits per heavy atom. The van der Waals surface area contributed by atoms with Crippen LogP contribution in [0.4, 0.5) is 0 Å². The summed E-state index contributed by atoms with van der Waals surface area (Å²) in [5, 5.41) is 19.8. The lowest BCUT2D eigenvalue weighted by Gasteiger charge is -2.03. The predicted octanol–water partition coefficient (Wildman–Crippen LogP) is 0.157. The van der Waals surface area contributed by atoms with Crippen molar-refractivity contribution in [3.8, 4) is 6.19 Å². The van der Waals surface area contributed by atoms with Crippen molar-refractivity contribution in [1.82, 2.24) is 5.32 Å². The molecule has 0 aliphatic carbocycles. The third-order valence-electron chi connectivity index (χ3n) is 0.958. The van der Waals surface area contributed by atoms with Crippen molar-refractivity contribution in [1.29, 1.82) is 5.26 Å². The first-order chi connectivity index (χ1) is 5.24. The van der Waals surface area contributed by atoms with Gasteiger partial charge in [-0.3, -0.25) is 10.3 Å². The van der Waals surface area contributed by atoms with Gasteiger partial charge in [0.05, 0.1) is 12.6 Å². The monoisotopic (exact) mass is 173 g/mol. The molecule has 0 rings (SSSR count). The van der Waals surface area contributed by atoms with Gasteiger partial charge in [-0.15, -0.1) is 0 Å². The highest BCUT2D eigenvalue weighted by atomic mass is 32.2. The Kier molecular flexibility index (Phi) is 5.61. The van der Waals surface area contributed by atoms with E-state index in [0.717, 1.165) is 0 Å². The van der Waals surface area contributed by atoms with Crippen LogP contribution in [-0.2, 0) is 0 Å². The standard InChI is InChI=1S/C6H11N3OS/c1-5(3-10)9-6(11-2)8-4-7/h5,10H,3H2,1-2H3,(H,8,9). The molecule has 0 saturated carbocycles. The van der Waals surface area contributed by atoms with Gasteiger partial charge in [0.15, 0.2) is 11.4 Å². The van der Waals surface area contributed by atoms with Crippen LogP contribution in [0, 0.1) is 11.5 Å². The zero-order valence-electron chi connectivity index (χ0n) is 6.53. The molecule has 0 aromatic rings. The molecule has 62 valence electrons. The Labute approximate surface area is 70.3 Å². The highest BCUT2D eigenvalue weighted by Crippen LogP contribution is 1.97. The summed E-state index contributed by atoms with van der Waals surface area (Å²) in [5.74, 6) is 0. The average Bonchev–Trinajstić information content (AvgIpc) is 2.03. The van der Waals surface area contributed by atoms with Crippen LogP contribution in [0.25, 0.3) is 0 Å². The molecule has 0 spiro atoms. The Hall–Kier alpha value is -0.730. The van der Waals surface area contributed by atoms with Crippen LogP contribution < -0.4 is 5.32 Å². The summed E-state index contributed by atoms with van der Waals surface area (Å²) in [6.07, 6.45) is 3.58. The van der Waals surface area contributed by atoms with E-state index >= 15 is 0 Å². The largest absolute Gasteiger partial charge is 0.394 e. The van der Waals surface area contributed by atoms with E-state index in [9.17, 15) is 0 Å². The second-order valence-corrected chi connectivity index (χ2v) is 2.70. The van der Waals surface area contributed by atoms with Gasteiger partial charge < -0.3 is 5.11 Å². The maximum atomic E-state index is 8.62. The molecule has 0 heterocycles. The summed E-state index contributed by atoms with van der Waals surface area (Å²) in [7, 11) is 0. The normalized spacial score (nSPS) is 13.8. The van der Waals surface area contributed by atoms with E-state index in [0.29, 0.717) is 5.17 Å². The fraction of sp³-hybridized carbons (Fsp3) is 0.667. The van der Waals surface area contributed by atoms with Crippen LogP contribution in [0.5, 0.6) is 0 Å². The van der Waals surface area contributed by atoms with Crippen LogP contribution in [0.1, 0.15) is 6.92 Å². The number of nitriles is 1. The third kappa shape index (κ3) is 4.65. The van der Waals surface area contributed by atoms with Crippen LogP contribution >= 0.6 is 11.8 Å². The minimum Gasteiger partial charge on any atom is -0.394 e. The highest BCUT2D eigenvalue weighted by Gasteiger charge is 1.99. The first kappa shape index (κ1) is 10.3. The maximum Gasteiger partial charge on any atom is 0.183 e. The van der Waals surface area contributed by atoms with Gasteiger partial charge in [-0.25, -0.2) is 0 Å². The predicted molar refractivity (Wildman–Crippen MR) is 46.2 cm³/mol. The van der Waals surface area contributed by atoms with Gasteiger partial charge in [-0.1, -0.05) is 11.8 Å². The lowest BCUT2D eigenvalue weighted by atomic mass is 10.4. The van der Waals surface area contributed by atoms with Crippen molar-refractivity contribution in [2.45, 2.75) is 13.0 Å². The molecule has 2 N–H and O–H groups in total. The first-order valence-electron chi connectivity index (χ1n) is 3.12. The molecule has 0 aliphatic rings. The van der Waals surface area contributed by atoms with E-state index in [1.807, 2.05) is 6.26 Å². The highest BCUT2D eigenvalue weighted by molar-refractivity contribution is 8.13. The Morgan fingerprint density at radius 2 is 2.55 bits per heavy atom. The Balaban J connectivity index is 4.01. The van der Waals surface area contributed by atoms with E-state index < -0.39 is 0 Å². The number of aliphatic hydroxyl groups excluding tert-OH is 1. The molecular weight excluding hydrogens is 162 g/mol. The maximum absolute atomic E-state index is 8.62. The quantitative estimate of drug-likeness (QED) is 0.270. The molecule has 0 fully saturated rings. The molecule has 5 heteroatoms. The number of nitrogens with zero attached hydrogens (tertiary/aromatic N) is 2. The zero-order chi connectivity index (χ0) is 8.69. The summed E-state index contributed by atoms with van der Waals surface area (Å²) in [6.45, 7) is 1.77. The molecule has 11 heavy (non-hydrogen) atoms. The van der Waals surface area contributed by atoms with Gasteiger partial charge in [0.2, 0.25) is 0 Å². The van der Waals surface area contributed by atoms with Gasteiger partial charge in [0, 0.05) is 0 Å². The lowest BCUT2D eigenvalue weighted by Crippen LogP contribution is -2.17. The van der Waals surface area contributed by atoms with Crippen molar-refractivity contribution < 1.29 is 5.11 Å². The summed E-state index contributed by atoms with van der Waals surface area (Å²) in [6, 6.07) is -0.154. The van der Waals surface area contributed by atoms with E-state index in [4.69, 9.17) is 10.4 Å². The second kappa shape index (κ2) is 6.01. The molecule has 0 bridgehead atoms. The van der Waals surface area contributed by atoms with Crippen LogP contribution in [0.3, 0.4) is 0 Å². The minimum atomic E-state index is -0.154. The van der Waals surface area contributed by atoms with Gasteiger partial charge >= 0.3 is 0 Å². The number of nitrogens with one attached hydrogen (secondary N) is 1. The summed E-state index contributed by atoms with van der Waals surface area (Å²) < 4.78 is 0. The smallest absolute Gasteiger partial charge is 0.183 e. The van der Waals surface area contributed by atoms with E-state index in [2.05, 4.69) is 10.3 Å². The first-order valence-corrected chi connectivity index (χ1v) is 4.34. The molecule has 1 unspecified atom stereocenters. The van der Waals surface area contributed by atoms with Crippen LogP contribution in [-0.4, -0.2) is 29.2 Å². The number of hydrogen-bond acceptors (Lipinski definition) is 4. The summed E-state index contributed by atoms with van der Waals surface area (Å²) in [5.41, 5.74) is 0. The molecule has 0 aliphatic heterocycles. The van der Waals surface area contributed by atoms with Crippen molar-refractivity contribution in [2.24, 2.45) is 4.99 Å². The van der Waals surface area contributed by atoms with Crippen LogP contribution in [0.2, 0.25) is 0 Å². The van der Waals surface area contributed by atoms with Crippen molar-refractivity contribution in [2.75, 3.05) is 12.9 Å². The fourth-order valence-corrected chi connectivity index (χ4v) is 0.858. The number of thioether (sulfide) groups is 1. The number of rotatable bonds is 2. The zero-order valence-corrected chi connectivity index (χ0v) is 7.35. The molecule has 0 saturated heterocycles. The van der Waals surface area contributed by atoms with E-state index in [-0.39, 0.29) is 12.6 Å². The molecule has 0 aromatic carbocycles. The number of hydrogen-bond donors (Lipinski definition) is 2. The average molecular weight is 173 g/mol. The van der Waals surface area contributed by atoms with Crippen molar-refractivity contribution in [3.05, 3.63) is 0 Å². The lowest BCUT2D eigenvalue weighted by molar-refractivity contribution is 0.274. The fourth-order valence-electron chi connectivity index (χ4n) is 0.425. The molecular formula is C6H11N3OS. The molecule has 0 radical (unpaired) electrons. The summed E-state index contributed by atoms with van der Waals surface area (Å²) >= 11 is 1.34. The van der Waals surface area contributed by atoms with Crippen molar-refractivity contribution >= 4 is 16.9 Å². The number of aliphatic hydroxyl groups is 1. The SMILES string of the molecule is CSC(=NC(C)CO)NC#N. The molecule has 1 atom stereocenters. The molecule has 0 amide bonds. The number of aliphatic imine (C=N–C) groups is 1. The number of amidine groups is 1. The molecule has 0 aromatic heterocycles. The van der Waals surface area contributed by atoms with Gasteiger partial charge in [0.25, 0.3) is 0 Å². The van der Waals surface area contributed by atoms with Gasteiger partial charge in [0.1, 0.15) is 0 Å². The van der Waals surface area contributed by atoms with E-state index in [1.165, 1.54) is 11.8 Å². The topological polar surface area (TPSA) is 68.4 Å². The Bertz CT molecular complexity index is 175. The van der Waals surface area contributed by atoms with Crippen molar-refractivity contribution in [3.63, 3.8) is 0 Å². The van der Waals surface area contributed by atoms with Gasteiger partial charge in [-0.2, -0.15) is 5.26 Å². The van der Waals surface area contributed by atoms with Gasteiger partial charge in [-0.05, 0) is 13.2 Å². The molecule has 4 nitrogen and oxygen atoms in total. The third-order valence-corrected chi connectivity index (χ3v) is 1.55. The van der Waals surface area contributed by atoms with E-state index in [1.54, 1.807) is 13.1 Å². The Morgan fingerprint density at radius 1 is 1.91 bits per heavy atom.